The Morgan fingerprint density at radius 2 is 1.30 bits per heavy atom. The summed E-state index contributed by atoms with van der Waals surface area (Å²) in [4.78, 5) is 0. The normalized spacial score (nSPS) is 26.4. The van der Waals surface area contributed by atoms with Crippen molar-refractivity contribution < 1.29 is 16.6 Å². The molecule has 0 bridgehead atoms. The van der Waals surface area contributed by atoms with Crippen molar-refractivity contribution in [3.8, 4) is 0 Å². The van der Waals surface area contributed by atoms with E-state index in [0.29, 0.717) is 6.91 Å². The van der Waals surface area contributed by atoms with Crippen molar-refractivity contribution in [3.63, 3.8) is 0 Å². The average Bonchev–Trinajstić information content (AvgIpc) is 3.34. The van der Waals surface area contributed by atoms with Gasteiger partial charge in [-0.15, -0.1) is 0 Å². The molecule has 0 fully saturated rings. The van der Waals surface area contributed by atoms with Crippen molar-refractivity contribution in [2.24, 2.45) is 0 Å². The number of hydrogen-bond donors (Lipinski definition) is 0. The van der Waals surface area contributed by atoms with Gasteiger partial charge in [-0.3, -0.25) is 0 Å². The molecule has 5 rings (SSSR count). The Labute approximate surface area is 171 Å². The van der Waals surface area contributed by atoms with Crippen LogP contribution in [-0.4, -0.2) is 6.91 Å². The quantitative estimate of drug-likeness (QED) is 0.493. The first kappa shape index (κ1) is 18.2. The Morgan fingerprint density at radius 1 is 0.741 bits per heavy atom. The van der Waals surface area contributed by atoms with Crippen LogP contribution in [0.25, 0.3) is 0 Å². The molecule has 0 amide bonds. The maximum absolute atomic E-state index is 2.68. The number of rotatable bonds is 4. The molecule has 0 saturated carbocycles. The standard InChI is InChI=1S/2C9H11.C7H8Si.Ti/c2*1-2-5-9-7-3-6-8(9)4-1;8-6-7-4-2-1-3-5-7;/h2*3,6-7H,1-2,4-5H2;1-5,8H,6H2;. The molecule has 2 heteroatoms. The number of hydrogen-bond acceptors (Lipinski definition) is 0. The van der Waals surface area contributed by atoms with Crippen molar-refractivity contribution in [2.75, 3.05) is 0 Å². The summed E-state index contributed by atoms with van der Waals surface area (Å²) in [7, 11) is 0. The third-order valence-electron chi connectivity index (χ3n) is 6.97. The molecule has 2 atom stereocenters. The zero-order valence-electron chi connectivity index (χ0n) is 16.3. The molecular weight excluding hydrogens is 376 g/mol. The first-order chi connectivity index (χ1) is 13.4. The molecular formula is C25H30SiTi. The van der Waals surface area contributed by atoms with Gasteiger partial charge in [0, 0.05) is 0 Å². The second kappa shape index (κ2) is 8.23. The van der Waals surface area contributed by atoms with Gasteiger partial charge >= 0.3 is 172 Å². The van der Waals surface area contributed by atoms with Crippen molar-refractivity contribution in [1.82, 2.24) is 0 Å². The average molecular weight is 406 g/mol. The fraction of sp³-hybridized carbons (Fsp3) is 0.440. The van der Waals surface area contributed by atoms with Crippen LogP contribution in [0.4, 0.5) is 0 Å². The van der Waals surface area contributed by atoms with E-state index in [2.05, 4.69) is 54.6 Å². The molecule has 4 aliphatic rings. The predicted octanol–water partition coefficient (Wildman–Crippen LogP) is 6.61. The van der Waals surface area contributed by atoms with E-state index in [1.165, 1.54) is 57.4 Å². The molecule has 0 radical (unpaired) electrons. The summed E-state index contributed by atoms with van der Waals surface area (Å²) in [5, 5.41) is 0. The minimum absolute atomic E-state index is 0.571. The molecule has 138 valence electrons. The van der Waals surface area contributed by atoms with E-state index >= 15 is 0 Å². The van der Waals surface area contributed by atoms with Crippen molar-refractivity contribution in [3.05, 3.63) is 82.5 Å². The van der Waals surface area contributed by atoms with Gasteiger partial charge in [0.1, 0.15) is 0 Å². The molecule has 0 saturated heterocycles. The third kappa shape index (κ3) is 3.71. The van der Waals surface area contributed by atoms with Crippen LogP contribution in [-0.2, 0) is 22.7 Å². The van der Waals surface area contributed by atoms with E-state index in [-0.39, 0.29) is 0 Å². The van der Waals surface area contributed by atoms with Gasteiger partial charge in [0.2, 0.25) is 0 Å². The summed E-state index contributed by atoms with van der Waals surface area (Å²) in [6.07, 6.45) is 21.7. The summed E-state index contributed by atoms with van der Waals surface area (Å²) in [5.74, 6) is 0. The van der Waals surface area contributed by atoms with Gasteiger partial charge in [0.05, 0.1) is 0 Å². The van der Waals surface area contributed by atoms with E-state index in [1.807, 2.05) is 11.1 Å². The Balaban J connectivity index is 1.50. The zero-order chi connectivity index (χ0) is 18.1. The fourth-order valence-corrected chi connectivity index (χ4v) is 17.9. The van der Waals surface area contributed by atoms with Gasteiger partial charge in [0.15, 0.2) is 0 Å². The monoisotopic (exact) mass is 406 g/mol. The van der Waals surface area contributed by atoms with Gasteiger partial charge < -0.3 is 0 Å². The molecule has 0 aliphatic heterocycles. The molecule has 0 heterocycles. The van der Waals surface area contributed by atoms with Crippen LogP contribution in [0.2, 0.25) is 8.45 Å². The van der Waals surface area contributed by atoms with Gasteiger partial charge in [0.25, 0.3) is 0 Å². The molecule has 0 nitrogen and oxygen atoms in total. The summed E-state index contributed by atoms with van der Waals surface area (Å²) in [6.45, 7) is 0.571. The van der Waals surface area contributed by atoms with E-state index in [4.69, 9.17) is 0 Å². The van der Waals surface area contributed by atoms with Crippen LogP contribution in [0.3, 0.4) is 0 Å². The van der Waals surface area contributed by atoms with Gasteiger partial charge in [-0.1, -0.05) is 0 Å². The second-order valence-electron chi connectivity index (χ2n) is 8.58. The van der Waals surface area contributed by atoms with Crippen LogP contribution in [0.15, 0.2) is 76.9 Å². The molecule has 1 aromatic carbocycles. The first-order valence-corrected chi connectivity index (χ1v) is 16.8. The Kier molecular flexibility index (Phi) is 5.54. The Bertz CT molecular complexity index is 819. The number of allylic oxidation sites excluding steroid dienone is 8. The topological polar surface area (TPSA) is 0 Å². The summed E-state index contributed by atoms with van der Waals surface area (Å²) in [6, 6.07) is 12.7. The summed E-state index contributed by atoms with van der Waals surface area (Å²) < 4.78 is 1.78. The van der Waals surface area contributed by atoms with E-state index in [9.17, 15) is 0 Å². The SMILES string of the molecule is C1=C[CH]([Ti](=[SiH]Cc2ccccc2)[CH]2C=CC3=C2CCCC3)C2=C1CCCC2. The van der Waals surface area contributed by atoms with Crippen molar-refractivity contribution in [1.29, 1.82) is 0 Å². The molecule has 0 N–H and O–H groups in total. The Hall–Kier alpha value is -0.889. The van der Waals surface area contributed by atoms with Crippen LogP contribution in [0, 0.1) is 0 Å². The fourth-order valence-electron chi connectivity index (χ4n) is 5.57. The van der Waals surface area contributed by atoms with Crippen LogP contribution in [0.1, 0.15) is 56.9 Å². The summed E-state index contributed by atoms with van der Waals surface area (Å²) >= 11 is -1.25. The van der Waals surface area contributed by atoms with E-state index < -0.39 is 16.6 Å². The molecule has 0 aromatic heterocycles. The predicted molar refractivity (Wildman–Crippen MR) is 114 cm³/mol. The first-order valence-electron chi connectivity index (χ1n) is 10.9. The zero-order valence-corrected chi connectivity index (χ0v) is 19.0. The van der Waals surface area contributed by atoms with Crippen LogP contribution in [0.5, 0.6) is 0 Å². The number of benzene rings is 1. The molecule has 4 aliphatic carbocycles. The van der Waals surface area contributed by atoms with E-state index in [1.54, 1.807) is 16.7 Å². The van der Waals surface area contributed by atoms with Crippen LogP contribution < -0.4 is 0 Å². The minimum atomic E-state index is -1.25. The maximum atomic E-state index is 2.68. The summed E-state index contributed by atoms with van der Waals surface area (Å²) in [5.41, 5.74) is 8.87. The van der Waals surface area contributed by atoms with Gasteiger partial charge in [-0.05, 0) is 0 Å². The molecule has 1 aromatic rings. The second-order valence-corrected chi connectivity index (χ2v) is 17.6. The van der Waals surface area contributed by atoms with Crippen molar-refractivity contribution in [2.45, 2.75) is 65.9 Å². The molecule has 2 unspecified atom stereocenters. The van der Waals surface area contributed by atoms with Gasteiger partial charge in [-0.25, -0.2) is 0 Å². The molecule has 0 spiro atoms. The van der Waals surface area contributed by atoms with Crippen molar-refractivity contribution >= 4 is 6.91 Å². The molecule has 27 heavy (non-hydrogen) atoms. The van der Waals surface area contributed by atoms with Gasteiger partial charge in [-0.2, -0.15) is 0 Å². The van der Waals surface area contributed by atoms with Crippen LogP contribution >= 0.6 is 0 Å². The third-order valence-corrected chi connectivity index (χ3v) is 18.2. The Morgan fingerprint density at radius 3 is 1.89 bits per heavy atom. The van der Waals surface area contributed by atoms with E-state index in [0.717, 1.165) is 8.45 Å².